The van der Waals surface area contributed by atoms with Gasteiger partial charge in [-0.25, -0.2) is 0 Å². The molecule has 0 radical (unpaired) electrons. The Morgan fingerprint density at radius 2 is 1.41 bits per heavy atom. The van der Waals surface area contributed by atoms with Crippen molar-refractivity contribution in [1.82, 2.24) is 0 Å². The molecule has 2 saturated carbocycles. The molecule has 0 aromatic rings. The summed E-state index contributed by atoms with van der Waals surface area (Å²) >= 11 is 0. The highest BCUT2D eigenvalue weighted by Crippen LogP contribution is 2.39. The lowest BCUT2D eigenvalue weighted by atomic mass is 9.72. The van der Waals surface area contributed by atoms with Crippen LogP contribution in [0.4, 0.5) is 0 Å². The maximum atomic E-state index is 6.20. The van der Waals surface area contributed by atoms with Gasteiger partial charge in [-0.3, -0.25) is 0 Å². The second-order valence-electron chi connectivity index (χ2n) is 7.18. The van der Waals surface area contributed by atoms with Crippen LogP contribution in [0.25, 0.3) is 0 Å². The topological polar surface area (TPSA) is 9.23 Å². The molecule has 2 atom stereocenters. The second-order valence-corrected chi connectivity index (χ2v) is 7.18. The summed E-state index contributed by atoms with van der Waals surface area (Å²) in [6.07, 6.45) is 13.4. The minimum atomic E-state index is 0.0408. The highest BCUT2D eigenvalue weighted by atomic mass is 16.5. The predicted molar refractivity (Wildman–Crippen MR) is 73.2 cm³/mol. The Bertz CT molecular complexity index is 222. The number of rotatable bonds is 2. The first-order valence-electron chi connectivity index (χ1n) is 7.72. The molecule has 0 saturated heterocycles. The van der Waals surface area contributed by atoms with Gasteiger partial charge in [0.1, 0.15) is 0 Å². The smallest absolute Gasteiger partial charge is 0.0602 e. The van der Waals surface area contributed by atoms with Crippen LogP contribution >= 0.6 is 0 Å². The van der Waals surface area contributed by atoms with E-state index in [-0.39, 0.29) is 5.60 Å². The van der Waals surface area contributed by atoms with Gasteiger partial charge in [-0.05, 0) is 51.9 Å². The predicted octanol–water partition coefficient (Wildman–Crippen LogP) is 4.94. The lowest BCUT2D eigenvalue weighted by Crippen LogP contribution is -2.34. The first-order chi connectivity index (χ1) is 8.04. The molecule has 100 valence electrons. The van der Waals surface area contributed by atoms with Crippen LogP contribution in [-0.4, -0.2) is 11.7 Å². The molecular formula is C16H30O. The van der Waals surface area contributed by atoms with E-state index < -0.39 is 0 Å². The zero-order chi connectivity index (χ0) is 12.3. The van der Waals surface area contributed by atoms with Crippen molar-refractivity contribution in [3.8, 4) is 0 Å². The molecule has 0 heterocycles. The van der Waals surface area contributed by atoms with Crippen LogP contribution in [0.2, 0.25) is 0 Å². The minimum Gasteiger partial charge on any atom is -0.373 e. The zero-order valence-electron chi connectivity index (χ0n) is 12.0. The molecule has 0 bridgehead atoms. The van der Waals surface area contributed by atoms with Crippen molar-refractivity contribution in [2.75, 3.05) is 0 Å². The first-order valence-corrected chi connectivity index (χ1v) is 7.72. The van der Waals surface area contributed by atoms with Gasteiger partial charge >= 0.3 is 0 Å². The Kier molecular flexibility index (Phi) is 4.52. The highest BCUT2D eigenvalue weighted by Gasteiger charge is 2.31. The third-order valence-electron chi connectivity index (χ3n) is 4.50. The van der Waals surface area contributed by atoms with Crippen molar-refractivity contribution in [3.05, 3.63) is 0 Å². The molecule has 2 fully saturated rings. The first kappa shape index (κ1) is 13.4. The third kappa shape index (κ3) is 4.28. The van der Waals surface area contributed by atoms with Crippen molar-refractivity contribution in [2.45, 2.75) is 90.3 Å². The van der Waals surface area contributed by atoms with E-state index in [9.17, 15) is 0 Å². The Labute approximate surface area is 107 Å². The molecule has 0 aliphatic heterocycles. The van der Waals surface area contributed by atoms with Crippen LogP contribution in [0.1, 0.15) is 78.6 Å². The van der Waals surface area contributed by atoms with Gasteiger partial charge in [0.05, 0.1) is 11.7 Å². The minimum absolute atomic E-state index is 0.0408. The third-order valence-corrected chi connectivity index (χ3v) is 4.50. The van der Waals surface area contributed by atoms with Gasteiger partial charge in [0.15, 0.2) is 0 Å². The molecule has 0 amide bonds. The number of hydrogen-bond donors (Lipinski definition) is 0. The molecule has 2 aliphatic carbocycles. The summed E-state index contributed by atoms with van der Waals surface area (Å²) < 4.78 is 6.20. The summed E-state index contributed by atoms with van der Waals surface area (Å²) in [6, 6.07) is 0. The van der Waals surface area contributed by atoms with Crippen LogP contribution in [0.5, 0.6) is 0 Å². The molecule has 1 nitrogen and oxygen atoms in total. The summed E-state index contributed by atoms with van der Waals surface area (Å²) in [5, 5.41) is 0. The van der Waals surface area contributed by atoms with E-state index in [0.717, 1.165) is 11.8 Å². The average Bonchev–Trinajstić information content (AvgIpc) is 2.28. The number of ether oxygens (including phenoxy) is 1. The van der Waals surface area contributed by atoms with Gasteiger partial charge in [0, 0.05) is 0 Å². The van der Waals surface area contributed by atoms with Crippen molar-refractivity contribution >= 4 is 0 Å². The Hall–Kier alpha value is -0.0400. The summed E-state index contributed by atoms with van der Waals surface area (Å²) in [6.45, 7) is 6.58. The maximum absolute atomic E-state index is 6.20. The van der Waals surface area contributed by atoms with Crippen molar-refractivity contribution in [3.63, 3.8) is 0 Å². The van der Waals surface area contributed by atoms with Gasteiger partial charge in [-0.2, -0.15) is 0 Å². The summed E-state index contributed by atoms with van der Waals surface area (Å²) in [5.74, 6) is 1.99. The van der Waals surface area contributed by atoms with Crippen molar-refractivity contribution in [2.24, 2.45) is 11.8 Å². The molecule has 17 heavy (non-hydrogen) atoms. The van der Waals surface area contributed by atoms with Crippen LogP contribution in [0.3, 0.4) is 0 Å². The Balaban J connectivity index is 1.83. The average molecular weight is 238 g/mol. The van der Waals surface area contributed by atoms with Gasteiger partial charge in [-0.1, -0.05) is 38.5 Å². The van der Waals surface area contributed by atoms with E-state index in [0.29, 0.717) is 6.10 Å². The molecule has 1 heteroatoms. The SMILES string of the molecule is CC(C)(C)OC1CCCC(C2CCCCC2)C1. The standard InChI is InChI=1S/C16H30O/c1-16(2,3)17-15-11-7-10-14(12-15)13-8-5-4-6-9-13/h13-15H,4-12H2,1-3H3. The molecule has 2 rings (SSSR count). The molecule has 0 N–H and O–H groups in total. The fourth-order valence-electron chi connectivity index (χ4n) is 3.82. The van der Waals surface area contributed by atoms with E-state index in [1.807, 2.05) is 0 Å². The van der Waals surface area contributed by atoms with Gasteiger partial charge in [-0.15, -0.1) is 0 Å². The second kappa shape index (κ2) is 5.73. The lowest BCUT2D eigenvalue weighted by molar-refractivity contribution is -0.0867. The van der Waals surface area contributed by atoms with Crippen molar-refractivity contribution < 1.29 is 4.74 Å². The number of hydrogen-bond acceptors (Lipinski definition) is 1. The van der Waals surface area contributed by atoms with E-state index in [1.54, 1.807) is 0 Å². The highest BCUT2D eigenvalue weighted by molar-refractivity contribution is 4.82. The fraction of sp³-hybridized carbons (Fsp3) is 1.00. The summed E-state index contributed by atoms with van der Waals surface area (Å²) in [4.78, 5) is 0. The van der Waals surface area contributed by atoms with E-state index in [4.69, 9.17) is 4.74 Å². The van der Waals surface area contributed by atoms with E-state index in [2.05, 4.69) is 20.8 Å². The normalized spacial score (nSPS) is 32.6. The van der Waals surface area contributed by atoms with E-state index >= 15 is 0 Å². The molecule has 0 spiro atoms. The molecule has 0 aromatic heterocycles. The summed E-state index contributed by atoms with van der Waals surface area (Å²) in [5.41, 5.74) is 0.0408. The quantitative estimate of drug-likeness (QED) is 0.662. The van der Waals surface area contributed by atoms with E-state index in [1.165, 1.54) is 57.8 Å². The van der Waals surface area contributed by atoms with Gasteiger partial charge in [0.2, 0.25) is 0 Å². The maximum Gasteiger partial charge on any atom is 0.0602 e. The summed E-state index contributed by atoms with van der Waals surface area (Å²) in [7, 11) is 0. The largest absolute Gasteiger partial charge is 0.373 e. The lowest BCUT2D eigenvalue weighted by Gasteiger charge is -2.38. The van der Waals surface area contributed by atoms with Crippen LogP contribution in [0.15, 0.2) is 0 Å². The molecule has 0 aromatic carbocycles. The fourth-order valence-corrected chi connectivity index (χ4v) is 3.82. The van der Waals surface area contributed by atoms with Gasteiger partial charge in [0.25, 0.3) is 0 Å². The molecule has 2 unspecified atom stereocenters. The van der Waals surface area contributed by atoms with Crippen LogP contribution in [0, 0.1) is 11.8 Å². The molecule has 2 aliphatic rings. The van der Waals surface area contributed by atoms with Gasteiger partial charge < -0.3 is 4.74 Å². The zero-order valence-corrected chi connectivity index (χ0v) is 12.0. The van der Waals surface area contributed by atoms with Crippen molar-refractivity contribution in [1.29, 1.82) is 0 Å². The Morgan fingerprint density at radius 1 is 0.765 bits per heavy atom. The van der Waals surface area contributed by atoms with Crippen LogP contribution < -0.4 is 0 Å². The molecular weight excluding hydrogens is 208 g/mol. The monoisotopic (exact) mass is 238 g/mol. The Morgan fingerprint density at radius 3 is 2.06 bits per heavy atom. The van der Waals surface area contributed by atoms with Crippen LogP contribution in [-0.2, 0) is 4.74 Å².